The Bertz CT molecular complexity index is 770. The summed E-state index contributed by atoms with van der Waals surface area (Å²) in [4.78, 5) is 19.3. The van der Waals surface area contributed by atoms with Gasteiger partial charge in [-0.2, -0.15) is 0 Å². The molecule has 1 aromatic carbocycles. The summed E-state index contributed by atoms with van der Waals surface area (Å²) in [6, 6.07) is 7.68. The van der Waals surface area contributed by atoms with Crippen LogP contribution in [-0.2, 0) is 0 Å². The molecule has 1 aromatic heterocycles. The molecule has 6 nitrogen and oxygen atoms in total. The van der Waals surface area contributed by atoms with E-state index in [4.69, 9.17) is 11.6 Å². The van der Waals surface area contributed by atoms with E-state index < -0.39 is 0 Å². The molecule has 7 heteroatoms. The van der Waals surface area contributed by atoms with Gasteiger partial charge >= 0.3 is 0 Å². The van der Waals surface area contributed by atoms with Gasteiger partial charge in [-0.25, -0.2) is 9.67 Å². The number of amides is 1. The molecule has 1 saturated heterocycles. The number of para-hydroxylation sites is 1. The third kappa shape index (κ3) is 2.80. The normalized spacial score (nSPS) is 21.1. The molecule has 24 heavy (non-hydrogen) atoms. The molecule has 1 amide bonds. The molecule has 1 atom stereocenters. The van der Waals surface area contributed by atoms with Crippen molar-refractivity contribution in [2.45, 2.75) is 31.7 Å². The Morgan fingerprint density at radius 1 is 1.33 bits per heavy atom. The van der Waals surface area contributed by atoms with Crippen molar-refractivity contribution in [3.05, 3.63) is 40.9 Å². The zero-order chi connectivity index (χ0) is 16.7. The quantitative estimate of drug-likeness (QED) is 0.926. The van der Waals surface area contributed by atoms with E-state index in [1.165, 1.54) is 0 Å². The van der Waals surface area contributed by atoms with Crippen molar-refractivity contribution >= 4 is 17.5 Å². The molecule has 0 radical (unpaired) electrons. The maximum Gasteiger partial charge on any atom is 0.293 e. The zero-order valence-electron chi connectivity index (χ0n) is 13.6. The number of carbonyl (C=O) groups excluding carboxylic acids is 1. The third-order valence-corrected chi connectivity index (χ3v) is 4.93. The van der Waals surface area contributed by atoms with Gasteiger partial charge in [-0.1, -0.05) is 23.7 Å². The average Bonchev–Trinajstić information content (AvgIpc) is 3.34. The van der Waals surface area contributed by atoms with Crippen molar-refractivity contribution in [1.29, 1.82) is 0 Å². The Morgan fingerprint density at radius 2 is 2.12 bits per heavy atom. The van der Waals surface area contributed by atoms with Crippen molar-refractivity contribution in [1.82, 2.24) is 25.0 Å². The summed E-state index contributed by atoms with van der Waals surface area (Å²) in [5.41, 5.74) is 0.779. The first-order chi connectivity index (χ1) is 11.6. The topological polar surface area (TPSA) is 63.1 Å². The zero-order valence-corrected chi connectivity index (χ0v) is 14.3. The largest absolute Gasteiger partial charge is 0.331 e. The lowest BCUT2D eigenvalue weighted by atomic mass is 10.2. The van der Waals surface area contributed by atoms with Gasteiger partial charge in [0.05, 0.1) is 10.7 Å². The van der Waals surface area contributed by atoms with E-state index in [0.717, 1.165) is 37.4 Å². The number of nitrogens with zero attached hydrogens (tertiary/aromatic N) is 4. The Morgan fingerprint density at radius 3 is 2.83 bits per heavy atom. The number of halogens is 1. The third-order valence-electron chi connectivity index (χ3n) is 4.61. The minimum atomic E-state index is -0.100. The highest BCUT2D eigenvalue weighted by Gasteiger charge is 2.34. The second-order valence-electron chi connectivity index (χ2n) is 6.48. The number of hydrogen-bond donors (Lipinski definition) is 1. The summed E-state index contributed by atoms with van der Waals surface area (Å²) < 4.78 is 1.75. The maximum absolute atomic E-state index is 12.9. The molecule has 1 aliphatic carbocycles. The fraction of sp³-hybridized carbons (Fsp3) is 0.471. The summed E-state index contributed by atoms with van der Waals surface area (Å²) in [7, 11) is 0. The number of aromatic nitrogens is 3. The van der Waals surface area contributed by atoms with E-state index >= 15 is 0 Å². The van der Waals surface area contributed by atoms with Gasteiger partial charge in [-0.05, 0) is 31.9 Å². The minimum Gasteiger partial charge on any atom is -0.331 e. The summed E-state index contributed by atoms with van der Waals surface area (Å²) in [5, 5.41) is 8.42. The molecule has 4 rings (SSSR count). The van der Waals surface area contributed by atoms with E-state index in [0.29, 0.717) is 17.5 Å². The fourth-order valence-corrected chi connectivity index (χ4v) is 3.31. The number of benzene rings is 1. The number of carbonyl (C=O) groups is 1. The molecular formula is C17H20ClN5O. The first-order valence-corrected chi connectivity index (χ1v) is 8.76. The van der Waals surface area contributed by atoms with Crippen molar-refractivity contribution in [2.24, 2.45) is 0 Å². The van der Waals surface area contributed by atoms with Gasteiger partial charge in [0.15, 0.2) is 0 Å². The number of piperazine rings is 1. The second kappa shape index (κ2) is 6.18. The standard InChI is InChI=1S/C17H20ClN5O/c1-11-10-19-8-9-22(11)17(24)15-20-16(12-6-7-12)23(21-15)14-5-3-2-4-13(14)18/h2-5,11-12,19H,6-10H2,1H3/t11-/m0/s1. The first-order valence-electron chi connectivity index (χ1n) is 8.38. The van der Waals surface area contributed by atoms with Gasteiger partial charge < -0.3 is 10.2 Å². The van der Waals surface area contributed by atoms with Crippen LogP contribution >= 0.6 is 11.6 Å². The smallest absolute Gasteiger partial charge is 0.293 e. The van der Waals surface area contributed by atoms with Gasteiger partial charge in [0.1, 0.15) is 5.82 Å². The second-order valence-corrected chi connectivity index (χ2v) is 6.89. The highest BCUT2D eigenvalue weighted by atomic mass is 35.5. The molecule has 1 N–H and O–H groups in total. The van der Waals surface area contributed by atoms with Crippen LogP contribution in [0.15, 0.2) is 24.3 Å². The lowest BCUT2D eigenvalue weighted by Crippen LogP contribution is -2.52. The van der Waals surface area contributed by atoms with Crippen LogP contribution in [0.5, 0.6) is 0 Å². The highest BCUT2D eigenvalue weighted by Crippen LogP contribution is 2.40. The highest BCUT2D eigenvalue weighted by molar-refractivity contribution is 6.32. The predicted molar refractivity (Wildman–Crippen MR) is 91.7 cm³/mol. The van der Waals surface area contributed by atoms with Gasteiger partial charge in [-0.15, -0.1) is 5.10 Å². The molecule has 2 aliphatic rings. The van der Waals surface area contributed by atoms with Gasteiger partial charge in [0.2, 0.25) is 5.82 Å². The molecule has 2 aromatic rings. The number of nitrogens with one attached hydrogen (secondary N) is 1. The monoisotopic (exact) mass is 345 g/mol. The lowest BCUT2D eigenvalue weighted by molar-refractivity contribution is 0.0643. The molecule has 0 bridgehead atoms. The average molecular weight is 346 g/mol. The summed E-state index contributed by atoms with van der Waals surface area (Å²) >= 11 is 6.32. The van der Waals surface area contributed by atoms with Crippen LogP contribution in [-0.4, -0.2) is 51.2 Å². The van der Waals surface area contributed by atoms with Crippen LogP contribution in [0.4, 0.5) is 0 Å². The molecule has 126 valence electrons. The summed E-state index contributed by atoms with van der Waals surface area (Å²) in [6.07, 6.45) is 2.17. The Hall–Kier alpha value is -1.92. The fourth-order valence-electron chi connectivity index (χ4n) is 3.09. The van der Waals surface area contributed by atoms with Crippen LogP contribution in [0.1, 0.15) is 42.1 Å². The minimum absolute atomic E-state index is 0.100. The molecule has 2 heterocycles. The summed E-state index contributed by atoms with van der Waals surface area (Å²) in [5.74, 6) is 1.38. The van der Waals surface area contributed by atoms with Crippen LogP contribution in [0.25, 0.3) is 5.69 Å². The number of hydrogen-bond acceptors (Lipinski definition) is 4. The van der Waals surface area contributed by atoms with Gasteiger partial charge in [-0.3, -0.25) is 4.79 Å². The molecule has 0 unspecified atom stereocenters. The van der Waals surface area contributed by atoms with Gasteiger partial charge in [0, 0.05) is 31.6 Å². The van der Waals surface area contributed by atoms with E-state index in [1.807, 2.05) is 36.1 Å². The van der Waals surface area contributed by atoms with Crippen LogP contribution in [0, 0.1) is 0 Å². The Balaban J connectivity index is 1.71. The predicted octanol–water partition coefficient (Wildman–Crippen LogP) is 2.23. The van der Waals surface area contributed by atoms with Crippen LogP contribution in [0.3, 0.4) is 0 Å². The molecule has 1 aliphatic heterocycles. The Labute approximate surface area is 145 Å². The van der Waals surface area contributed by atoms with Crippen LogP contribution < -0.4 is 5.32 Å². The van der Waals surface area contributed by atoms with Crippen molar-refractivity contribution in [2.75, 3.05) is 19.6 Å². The molecule has 1 saturated carbocycles. The van der Waals surface area contributed by atoms with Crippen molar-refractivity contribution < 1.29 is 4.79 Å². The van der Waals surface area contributed by atoms with Crippen molar-refractivity contribution in [3.63, 3.8) is 0 Å². The maximum atomic E-state index is 12.9. The van der Waals surface area contributed by atoms with Crippen molar-refractivity contribution in [3.8, 4) is 5.69 Å². The summed E-state index contributed by atoms with van der Waals surface area (Å²) in [6.45, 7) is 4.32. The van der Waals surface area contributed by atoms with E-state index in [2.05, 4.69) is 15.4 Å². The van der Waals surface area contributed by atoms with Crippen LogP contribution in [0.2, 0.25) is 5.02 Å². The lowest BCUT2D eigenvalue weighted by Gasteiger charge is -2.33. The van der Waals surface area contributed by atoms with E-state index in [1.54, 1.807) is 4.68 Å². The Kier molecular flexibility index (Phi) is 4.02. The van der Waals surface area contributed by atoms with E-state index in [9.17, 15) is 4.79 Å². The molecule has 2 fully saturated rings. The first kappa shape index (κ1) is 15.6. The SMILES string of the molecule is C[C@H]1CNCCN1C(=O)c1nc(C2CC2)n(-c2ccccc2Cl)n1. The molecular weight excluding hydrogens is 326 g/mol. The number of rotatable bonds is 3. The molecule has 0 spiro atoms. The van der Waals surface area contributed by atoms with E-state index in [-0.39, 0.29) is 17.8 Å². The van der Waals surface area contributed by atoms with Gasteiger partial charge in [0.25, 0.3) is 5.91 Å².